The van der Waals surface area contributed by atoms with E-state index in [1.807, 2.05) is 24.3 Å². The minimum absolute atomic E-state index is 0.100. The highest BCUT2D eigenvalue weighted by Gasteiger charge is 2.38. The van der Waals surface area contributed by atoms with Crippen LogP contribution in [0.25, 0.3) is 0 Å². The first-order valence-electron chi connectivity index (χ1n) is 6.71. The van der Waals surface area contributed by atoms with Crippen LogP contribution < -0.4 is 0 Å². The van der Waals surface area contributed by atoms with E-state index in [1.165, 1.54) is 32.1 Å². The molecule has 1 heterocycles. The van der Waals surface area contributed by atoms with Gasteiger partial charge in [0, 0.05) is 5.56 Å². The van der Waals surface area contributed by atoms with Crippen LogP contribution in [0.15, 0.2) is 24.3 Å². The van der Waals surface area contributed by atoms with Gasteiger partial charge in [0.15, 0.2) is 0 Å². The van der Waals surface area contributed by atoms with Gasteiger partial charge < -0.3 is 4.74 Å². The average molecular weight is 309 g/mol. The van der Waals surface area contributed by atoms with E-state index in [2.05, 4.69) is 15.9 Å². The number of esters is 1. The number of rotatable bonds is 2. The van der Waals surface area contributed by atoms with Crippen LogP contribution in [0.5, 0.6) is 0 Å². The van der Waals surface area contributed by atoms with Gasteiger partial charge in [-0.2, -0.15) is 0 Å². The van der Waals surface area contributed by atoms with Gasteiger partial charge in [0.05, 0.1) is 10.4 Å². The lowest BCUT2D eigenvalue weighted by molar-refractivity contribution is 0.0341. The van der Waals surface area contributed by atoms with Crippen LogP contribution in [0.1, 0.15) is 54.1 Å². The third kappa shape index (κ3) is 2.09. The zero-order valence-electron chi connectivity index (χ0n) is 10.3. The Morgan fingerprint density at radius 1 is 1.17 bits per heavy atom. The normalized spacial score (nSPS) is 25.6. The molecule has 2 nitrogen and oxygen atoms in total. The van der Waals surface area contributed by atoms with Crippen molar-refractivity contribution < 1.29 is 9.53 Å². The van der Waals surface area contributed by atoms with Crippen LogP contribution >= 0.6 is 15.9 Å². The Bertz CT molecular complexity index is 452. The first-order chi connectivity index (χ1) is 8.77. The second-order valence-electron chi connectivity index (χ2n) is 5.26. The number of halogens is 1. The van der Waals surface area contributed by atoms with Crippen molar-refractivity contribution in [3.8, 4) is 0 Å². The Kier molecular flexibility index (Phi) is 3.42. The quantitative estimate of drug-likeness (QED) is 0.603. The van der Waals surface area contributed by atoms with Gasteiger partial charge in [-0.05, 0) is 24.8 Å². The van der Waals surface area contributed by atoms with Gasteiger partial charge in [-0.25, -0.2) is 4.79 Å². The van der Waals surface area contributed by atoms with E-state index < -0.39 is 0 Å². The molecule has 1 aliphatic carbocycles. The Morgan fingerprint density at radius 2 is 1.89 bits per heavy atom. The highest BCUT2D eigenvalue weighted by atomic mass is 79.9. The third-order valence-corrected chi connectivity index (χ3v) is 5.34. The van der Waals surface area contributed by atoms with E-state index in [9.17, 15) is 4.79 Å². The second kappa shape index (κ2) is 5.04. The maximum absolute atomic E-state index is 11.8. The number of benzene rings is 1. The summed E-state index contributed by atoms with van der Waals surface area (Å²) in [6.07, 6.45) is 6.33. The van der Waals surface area contributed by atoms with E-state index in [1.54, 1.807) is 0 Å². The topological polar surface area (TPSA) is 26.3 Å². The van der Waals surface area contributed by atoms with Crippen molar-refractivity contribution >= 4 is 21.9 Å². The third-order valence-electron chi connectivity index (χ3n) is 4.11. The molecule has 0 spiro atoms. The fraction of sp³-hybridized carbons (Fsp3) is 0.533. The standard InChI is InChI=1S/C15H17BrO2/c16-13(10-6-2-1-3-7-10)14-11-8-4-5-9-12(11)15(17)18-14/h4-5,8-10,13-14H,1-3,6-7H2/t13-,14+/m0/s1. The fourth-order valence-corrected chi connectivity index (χ4v) is 4.03. The van der Waals surface area contributed by atoms with Crippen LogP contribution in [0.2, 0.25) is 0 Å². The average Bonchev–Trinajstić information content (AvgIpc) is 2.77. The number of carbonyl (C=O) groups is 1. The molecule has 0 aromatic heterocycles. The Labute approximate surface area is 116 Å². The van der Waals surface area contributed by atoms with Gasteiger partial charge >= 0.3 is 5.97 Å². The first kappa shape index (κ1) is 12.2. The molecule has 3 rings (SSSR count). The fourth-order valence-electron chi connectivity index (χ4n) is 3.11. The van der Waals surface area contributed by atoms with E-state index in [-0.39, 0.29) is 16.9 Å². The predicted molar refractivity (Wildman–Crippen MR) is 73.9 cm³/mol. The zero-order chi connectivity index (χ0) is 12.5. The van der Waals surface area contributed by atoms with Crippen molar-refractivity contribution in [1.29, 1.82) is 0 Å². The number of cyclic esters (lactones) is 1. The molecule has 2 atom stereocenters. The highest BCUT2D eigenvalue weighted by molar-refractivity contribution is 9.09. The molecule has 1 aromatic rings. The minimum Gasteiger partial charge on any atom is -0.453 e. The molecule has 0 saturated heterocycles. The molecular formula is C15H17BrO2. The number of fused-ring (bicyclic) bond motifs is 1. The van der Waals surface area contributed by atoms with Gasteiger partial charge in [0.2, 0.25) is 0 Å². The van der Waals surface area contributed by atoms with Crippen molar-refractivity contribution in [3.63, 3.8) is 0 Å². The maximum Gasteiger partial charge on any atom is 0.339 e. The van der Waals surface area contributed by atoms with Crippen molar-refractivity contribution in [2.24, 2.45) is 5.92 Å². The summed E-state index contributed by atoms with van der Waals surface area (Å²) in [7, 11) is 0. The summed E-state index contributed by atoms with van der Waals surface area (Å²) < 4.78 is 5.56. The molecule has 1 aromatic carbocycles. The van der Waals surface area contributed by atoms with Crippen LogP contribution in [0, 0.1) is 5.92 Å². The Morgan fingerprint density at radius 3 is 2.67 bits per heavy atom. The molecule has 2 aliphatic rings. The summed E-state index contributed by atoms with van der Waals surface area (Å²) in [4.78, 5) is 12.1. The van der Waals surface area contributed by atoms with E-state index in [0.717, 1.165) is 11.1 Å². The smallest absolute Gasteiger partial charge is 0.339 e. The van der Waals surface area contributed by atoms with Crippen LogP contribution in [-0.2, 0) is 4.74 Å². The van der Waals surface area contributed by atoms with Gasteiger partial charge in [-0.15, -0.1) is 0 Å². The summed E-state index contributed by atoms with van der Waals surface area (Å²) in [5, 5.41) is 0. The summed E-state index contributed by atoms with van der Waals surface area (Å²) in [6.45, 7) is 0. The van der Waals surface area contributed by atoms with E-state index >= 15 is 0 Å². The zero-order valence-corrected chi connectivity index (χ0v) is 11.9. The van der Waals surface area contributed by atoms with Gasteiger partial charge in [-0.1, -0.05) is 53.4 Å². The van der Waals surface area contributed by atoms with Crippen molar-refractivity contribution in [2.45, 2.75) is 43.0 Å². The lowest BCUT2D eigenvalue weighted by Crippen LogP contribution is -2.24. The number of hydrogen-bond acceptors (Lipinski definition) is 2. The van der Waals surface area contributed by atoms with Crippen molar-refractivity contribution in [1.82, 2.24) is 0 Å². The van der Waals surface area contributed by atoms with Crippen molar-refractivity contribution in [2.75, 3.05) is 0 Å². The minimum atomic E-state index is -0.171. The van der Waals surface area contributed by atoms with Crippen LogP contribution in [0.3, 0.4) is 0 Å². The number of hydrogen-bond donors (Lipinski definition) is 0. The van der Waals surface area contributed by atoms with Crippen LogP contribution in [-0.4, -0.2) is 10.8 Å². The summed E-state index contributed by atoms with van der Waals surface area (Å²) >= 11 is 3.79. The molecule has 3 heteroatoms. The molecule has 1 aliphatic heterocycles. The molecule has 1 saturated carbocycles. The lowest BCUT2D eigenvalue weighted by Gasteiger charge is -2.29. The van der Waals surface area contributed by atoms with Crippen molar-refractivity contribution in [3.05, 3.63) is 35.4 Å². The molecule has 0 radical (unpaired) electrons. The highest BCUT2D eigenvalue weighted by Crippen LogP contribution is 2.42. The maximum atomic E-state index is 11.8. The van der Waals surface area contributed by atoms with E-state index in [4.69, 9.17) is 4.74 Å². The first-order valence-corrected chi connectivity index (χ1v) is 7.63. The summed E-state index contributed by atoms with van der Waals surface area (Å²) in [5.41, 5.74) is 1.79. The Balaban J connectivity index is 1.83. The summed E-state index contributed by atoms with van der Waals surface area (Å²) in [5.74, 6) is 0.457. The molecule has 0 amide bonds. The van der Waals surface area contributed by atoms with Gasteiger partial charge in [0.25, 0.3) is 0 Å². The molecule has 0 bridgehead atoms. The van der Waals surface area contributed by atoms with Crippen LogP contribution in [0.4, 0.5) is 0 Å². The predicted octanol–water partition coefficient (Wildman–Crippen LogP) is 4.24. The molecule has 0 unspecified atom stereocenters. The molecule has 96 valence electrons. The molecular weight excluding hydrogens is 292 g/mol. The SMILES string of the molecule is O=C1O[C@@H]([C@@H](Br)C2CCCCC2)c2ccccc21. The molecule has 0 N–H and O–H groups in total. The number of ether oxygens (including phenoxy) is 1. The Hall–Kier alpha value is -0.830. The summed E-state index contributed by atoms with van der Waals surface area (Å²) in [6, 6.07) is 7.75. The lowest BCUT2D eigenvalue weighted by atomic mass is 9.84. The number of carbonyl (C=O) groups excluding carboxylic acids is 1. The molecule has 1 fully saturated rings. The number of alkyl halides is 1. The molecule has 18 heavy (non-hydrogen) atoms. The van der Waals surface area contributed by atoms with Gasteiger partial charge in [-0.3, -0.25) is 0 Å². The van der Waals surface area contributed by atoms with Gasteiger partial charge in [0.1, 0.15) is 6.10 Å². The second-order valence-corrected chi connectivity index (χ2v) is 6.31. The monoisotopic (exact) mass is 308 g/mol. The largest absolute Gasteiger partial charge is 0.453 e. The van der Waals surface area contributed by atoms with E-state index in [0.29, 0.717) is 5.92 Å².